The fourth-order valence-electron chi connectivity index (χ4n) is 12.2. The Bertz CT molecular complexity index is 4260. The molecule has 5 aromatic heterocycles. The van der Waals surface area contributed by atoms with E-state index in [1.807, 2.05) is 213 Å². The maximum Gasteiger partial charge on any atom is 0.146 e. The third-order valence-corrected chi connectivity index (χ3v) is 18.1. The van der Waals surface area contributed by atoms with Gasteiger partial charge in [-0.25, -0.2) is 0 Å². The van der Waals surface area contributed by atoms with E-state index >= 15 is 0 Å². The first-order valence-corrected chi connectivity index (χ1v) is 36.5. The van der Waals surface area contributed by atoms with Crippen molar-refractivity contribution >= 4 is 30.4 Å². The summed E-state index contributed by atoms with van der Waals surface area (Å²) in [6, 6.07) is 59.0. The third-order valence-electron chi connectivity index (χ3n) is 18.1. The van der Waals surface area contributed by atoms with Crippen LogP contribution < -0.4 is 34.3 Å². The quantitative estimate of drug-likeness (QED) is 0.0746. The van der Waals surface area contributed by atoms with Crippen molar-refractivity contribution in [2.24, 2.45) is 29.6 Å². The first-order chi connectivity index (χ1) is 51.2. The van der Waals surface area contributed by atoms with Crippen LogP contribution >= 0.6 is 0 Å². The van der Waals surface area contributed by atoms with Gasteiger partial charge >= 0.3 is 0 Å². The molecule has 1 unspecified atom stereocenters. The van der Waals surface area contributed by atoms with Crippen molar-refractivity contribution in [3.05, 3.63) is 302 Å². The number of nitrogens with one attached hydrogen (secondary N) is 2. The van der Waals surface area contributed by atoms with Gasteiger partial charge in [0.05, 0.1) is 31.0 Å². The van der Waals surface area contributed by atoms with E-state index in [-0.39, 0.29) is 0 Å². The fraction of sp³-hybridized carbons (Fsp3) is 0.270. The lowest BCUT2D eigenvalue weighted by atomic mass is 9.96. The second kappa shape index (κ2) is 41.5. The number of allylic oxidation sites excluding steroid dienone is 2. The van der Waals surface area contributed by atoms with Gasteiger partial charge in [-0.1, -0.05) is 152 Å². The maximum atomic E-state index is 5.82. The molecule has 0 bridgehead atoms. The summed E-state index contributed by atoms with van der Waals surface area (Å²) in [6.07, 6.45) is 47.6. The van der Waals surface area contributed by atoms with Gasteiger partial charge in [0.25, 0.3) is 0 Å². The molecule has 1 atom stereocenters. The summed E-state index contributed by atoms with van der Waals surface area (Å²) < 4.78 is 29.0. The van der Waals surface area contributed by atoms with Gasteiger partial charge in [0, 0.05) is 75.5 Å². The number of pyridine rings is 5. The number of hydrogen-bond acceptors (Lipinski definition) is 15. The van der Waals surface area contributed by atoms with Crippen molar-refractivity contribution in [3.8, 4) is 57.5 Å². The van der Waals surface area contributed by atoms with Gasteiger partial charge in [0.2, 0.25) is 0 Å². The number of benzene rings is 5. The van der Waals surface area contributed by atoms with E-state index in [9.17, 15) is 0 Å². The number of para-hydroxylation sites is 5. The van der Waals surface area contributed by atoms with Crippen molar-refractivity contribution in [3.63, 3.8) is 0 Å². The summed E-state index contributed by atoms with van der Waals surface area (Å²) in [5, 5.41) is 6.63. The Morgan fingerprint density at radius 3 is 0.894 bits per heavy atom. The topological polar surface area (TPSA) is 144 Å². The minimum atomic E-state index is 0.637. The Balaban J connectivity index is 0.000000130. The Morgan fingerprint density at radius 2 is 0.587 bits per heavy atom. The van der Waals surface area contributed by atoms with Crippen LogP contribution in [0, 0.1) is 29.6 Å². The number of likely N-dealkylation sites (tertiary alicyclic amines) is 3. The molecule has 5 aliphatic heterocycles. The van der Waals surface area contributed by atoms with E-state index < -0.39 is 0 Å². The van der Waals surface area contributed by atoms with Crippen LogP contribution in [0.5, 0.6) is 57.5 Å². The minimum absolute atomic E-state index is 0.637. The SMILES string of the molecule is C(=CC1CCNCC1)c1cncc(Oc2ccccc2)c1.C(=CC1CNC1)c1cncc(Oc2ccccc2)c1.CN1CC(C=Cc2cncc(Oc3ccccc3)c2)C1.CN1CCC(C=Cc2cncc(Oc3ccccc3)c2)CC1.CN1CCCC(C=Cc2cncc(Oc3ccccc3)c2)C1. The summed E-state index contributed by atoms with van der Waals surface area (Å²) in [7, 11) is 6.52. The molecule has 15 heteroatoms. The molecule has 15 nitrogen and oxygen atoms in total. The first kappa shape index (κ1) is 74.5. The number of ether oxygens (including phenoxy) is 5. The van der Waals surface area contributed by atoms with Crippen LogP contribution in [0.4, 0.5) is 0 Å². The molecule has 0 spiro atoms. The van der Waals surface area contributed by atoms with Crippen molar-refractivity contribution in [2.45, 2.75) is 38.5 Å². The van der Waals surface area contributed by atoms with Gasteiger partial charge in [0.15, 0.2) is 0 Å². The molecule has 2 N–H and O–H groups in total. The monoisotopic (exact) mass is 1390 g/mol. The Kier molecular flexibility index (Phi) is 29.7. The minimum Gasteiger partial charge on any atom is -0.456 e. The second-order valence-corrected chi connectivity index (χ2v) is 26.9. The maximum absolute atomic E-state index is 5.82. The zero-order valence-corrected chi connectivity index (χ0v) is 60.2. The van der Waals surface area contributed by atoms with Gasteiger partial charge in [0.1, 0.15) is 57.5 Å². The van der Waals surface area contributed by atoms with Gasteiger partial charge in [-0.2, -0.15) is 0 Å². The summed E-state index contributed by atoms with van der Waals surface area (Å²) in [5.41, 5.74) is 5.41. The predicted octanol–water partition coefficient (Wildman–Crippen LogP) is 18.9. The molecule has 5 aliphatic rings. The normalized spacial score (nSPS) is 16.9. The molecule has 0 amide bonds. The van der Waals surface area contributed by atoms with Crippen molar-refractivity contribution < 1.29 is 23.7 Å². The highest BCUT2D eigenvalue weighted by Gasteiger charge is 2.20. The third kappa shape index (κ3) is 26.9. The largest absolute Gasteiger partial charge is 0.456 e. The highest BCUT2D eigenvalue weighted by atomic mass is 16.5. The average molecular weight is 1390 g/mol. The van der Waals surface area contributed by atoms with Gasteiger partial charge < -0.3 is 49.0 Å². The number of nitrogens with zero attached hydrogens (tertiary/aromatic N) is 8. The fourth-order valence-corrected chi connectivity index (χ4v) is 12.2. The molecule has 0 aliphatic carbocycles. The van der Waals surface area contributed by atoms with E-state index in [1.165, 1.54) is 58.2 Å². The highest BCUT2D eigenvalue weighted by molar-refractivity contribution is 5.55. The second-order valence-electron chi connectivity index (χ2n) is 26.9. The molecule has 0 saturated carbocycles. The molecule has 5 aromatic carbocycles. The first-order valence-electron chi connectivity index (χ1n) is 36.5. The summed E-state index contributed by atoms with van der Waals surface area (Å²) in [6.45, 7) is 11.4. The average Bonchev–Trinajstić information content (AvgIpc) is 0.914. The molecule has 5 fully saturated rings. The zero-order chi connectivity index (χ0) is 71.4. The van der Waals surface area contributed by atoms with Crippen LogP contribution in [-0.2, 0) is 0 Å². The van der Waals surface area contributed by atoms with E-state index in [0.717, 1.165) is 131 Å². The van der Waals surface area contributed by atoms with E-state index in [1.54, 1.807) is 31.0 Å². The lowest BCUT2D eigenvalue weighted by Gasteiger charge is -2.34. The molecule has 15 rings (SSSR count). The number of piperidine rings is 3. The molecular weight excluding hydrogens is 1290 g/mol. The van der Waals surface area contributed by atoms with Crippen LogP contribution in [0.15, 0.2) is 274 Å². The molecule has 0 radical (unpaired) electrons. The molecule has 534 valence electrons. The zero-order valence-electron chi connectivity index (χ0n) is 60.2. The van der Waals surface area contributed by atoms with Crippen LogP contribution in [0.25, 0.3) is 30.4 Å². The van der Waals surface area contributed by atoms with Gasteiger partial charge in [-0.3, -0.25) is 24.9 Å². The highest BCUT2D eigenvalue weighted by Crippen LogP contribution is 2.29. The van der Waals surface area contributed by atoms with E-state index in [4.69, 9.17) is 23.7 Å². The Morgan fingerprint density at radius 1 is 0.288 bits per heavy atom. The summed E-state index contributed by atoms with van der Waals surface area (Å²) in [4.78, 5) is 28.3. The van der Waals surface area contributed by atoms with Crippen molar-refractivity contribution in [1.29, 1.82) is 0 Å². The summed E-state index contributed by atoms with van der Waals surface area (Å²) in [5.74, 6) is 11.3. The molecule has 10 heterocycles. The Labute approximate surface area is 615 Å². The Hall–Kier alpha value is -10.7. The lowest BCUT2D eigenvalue weighted by molar-refractivity contribution is 0.170. The number of hydrogen-bond donors (Lipinski definition) is 2. The van der Waals surface area contributed by atoms with Crippen molar-refractivity contribution in [1.82, 2.24) is 50.3 Å². The van der Waals surface area contributed by atoms with E-state index in [0.29, 0.717) is 29.6 Å². The number of rotatable bonds is 20. The lowest BCUT2D eigenvalue weighted by Crippen LogP contribution is -2.42. The molecule has 104 heavy (non-hydrogen) atoms. The standard InChI is InChI=1S/2C19H22N2O.C18H20N2O.C17H18N2O.C16H16N2O/c1-21-11-5-6-16(15-21)9-10-17-12-19(14-20-13-17)22-18-7-3-2-4-8-18;1-21-11-9-16(10-12-21)7-8-17-13-19(15-20-14-17)22-18-5-3-2-4-6-18;1-2-4-17(5-3-1)21-18-12-16(13-20-14-18)7-6-15-8-10-19-11-9-15;1-19-12-15(13-19)8-7-14-9-17(11-18-10-14)20-16-5-3-2-4-6-16;1-2-4-15(5-3-1)19-16-8-13(9-18-12-16)6-7-14-10-17-11-14/h2-4,7-10,12-14,16H,5-6,11,15H2,1H3;2-8,13-16H,9-12H2,1H3;1-7,12-15,19H,8-11H2;2-11,15H,12-13H2,1H3;1-9,12,14,17H,10-11H2. The van der Waals surface area contributed by atoms with Crippen LogP contribution in [0.2, 0.25) is 0 Å². The molecule has 10 aromatic rings. The van der Waals surface area contributed by atoms with Crippen LogP contribution in [-0.4, -0.2) is 126 Å². The van der Waals surface area contributed by atoms with Crippen LogP contribution in [0.1, 0.15) is 66.3 Å². The van der Waals surface area contributed by atoms with Crippen molar-refractivity contribution in [2.75, 3.05) is 86.6 Å². The summed E-state index contributed by atoms with van der Waals surface area (Å²) >= 11 is 0. The van der Waals surface area contributed by atoms with Gasteiger partial charge in [-0.05, 0) is 229 Å². The predicted molar refractivity (Wildman–Crippen MR) is 422 cm³/mol. The molecule has 5 saturated heterocycles. The van der Waals surface area contributed by atoms with Gasteiger partial charge in [-0.15, -0.1) is 0 Å². The smallest absolute Gasteiger partial charge is 0.146 e. The van der Waals surface area contributed by atoms with E-state index in [2.05, 4.69) is 132 Å². The number of aromatic nitrogens is 5. The van der Waals surface area contributed by atoms with Crippen LogP contribution in [0.3, 0.4) is 0 Å². The molecular formula is C89H98N10O5.